The SMILES string of the molecule is CCC(C)C(NC(=O)OC)C(=O)N1[C@@H](C)CC[C@H]1C(=O)O. The number of ether oxygens (including phenoxy) is 1. The zero-order valence-electron chi connectivity index (χ0n) is 13.0. The monoisotopic (exact) mass is 300 g/mol. The van der Waals surface area contributed by atoms with Crippen LogP contribution in [-0.2, 0) is 14.3 Å². The van der Waals surface area contributed by atoms with Gasteiger partial charge in [0, 0.05) is 6.04 Å². The van der Waals surface area contributed by atoms with Crippen molar-refractivity contribution >= 4 is 18.0 Å². The first-order valence-corrected chi connectivity index (χ1v) is 7.22. The highest BCUT2D eigenvalue weighted by atomic mass is 16.5. The molecule has 0 spiro atoms. The molecule has 1 aliphatic rings. The first kappa shape index (κ1) is 17.3. The molecule has 0 aromatic carbocycles. The van der Waals surface area contributed by atoms with E-state index < -0.39 is 24.1 Å². The van der Waals surface area contributed by atoms with Crippen molar-refractivity contribution < 1.29 is 24.2 Å². The number of carbonyl (C=O) groups excluding carboxylic acids is 2. The zero-order valence-corrected chi connectivity index (χ0v) is 13.0. The van der Waals surface area contributed by atoms with Crippen LogP contribution in [0, 0.1) is 5.92 Å². The minimum atomic E-state index is -1.01. The quantitative estimate of drug-likeness (QED) is 0.796. The molecule has 1 saturated heterocycles. The summed E-state index contributed by atoms with van der Waals surface area (Å²) in [5.74, 6) is -1.47. The number of carboxylic acid groups (broad SMARTS) is 1. The third-order valence-corrected chi connectivity index (χ3v) is 4.15. The van der Waals surface area contributed by atoms with Gasteiger partial charge in [0.15, 0.2) is 0 Å². The Labute approximate surface area is 124 Å². The van der Waals surface area contributed by atoms with Gasteiger partial charge < -0.3 is 20.1 Å². The molecule has 0 aliphatic carbocycles. The number of carboxylic acids is 1. The van der Waals surface area contributed by atoms with Gasteiger partial charge in [-0.15, -0.1) is 0 Å². The molecule has 120 valence electrons. The maximum atomic E-state index is 12.7. The van der Waals surface area contributed by atoms with Crippen molar-refractivity contribution in [2.45, 2.75) is 58.2 Å². The number of carbonyl (C=O) groups is 3. The van der Waals surface area contributed by atoms with E-state index in [4.69, 9.17) is 0 Å². The number of nitrogens with one attached hydrogen (secondary N) is 1. The number of aliphatic carboxylic acids is 1. The van der Waals surface area contributed by atoms with E-state index >= 15 is 0 Å². The zero-order chi connectivity index (χ0) is 16.2. The Hall–Kier alpha value is -1.79. The summed E-state index contributed by atoms with van der Waals surface area (Å²) >= 11 is 0. The number of alkyl carbamates (subject to hydrolysis) is 1. The molecular formula is C14H24N2O5. The van der Waals surface area contributed by atoms with Gasteiger partial charge in [0.1, 0.15) is 12.1 Å². The van der Waals surface area contributed by atoms with Crippen molar-refractivity contribution in [2.75, 3.05) is 7.11 Å². The van der Waals surface area contributed by atoms with Crippen molar-refractivity contribution in [3.63, 3.8) is 0 Å². The van der Waals surface area contributed by atoms with Crippen LogP contribution in [0.4, 0.5) is 4.79 Å². The summed E-state index contributed by atoms with van der Waals surface area (Å²) < 4.78 is 4.55. The smallest absolute Gasteiger partial charge is 0.407 e. The lowest BCUT2D eigenvalue weighted by Crippen LogP contribution is -2.55. The van der Waals surface area contributed by atoms with Crippen LogP contribution < -0.4 is 5.32 Å². The van der Waals surface area contributed by atoms with Crippen LogP contribution >= 0.6 is 0 Å². The first-order valence-electron chi connectivity index (χ1n) is 7.22. The Morgan fingerprint density at radius 2 is 2.00 bits per heavy atom. The second-order valence-corrected chi connectivity index (χ2v) is 5.53. The first-order chi connectivity index (χ1) is 9.83. The van der Waals surface area contributed by atoms with E-state index in [1.165, 1.54) is 12.0 Å². The van der Waals surface area contributed by atoms with Gasteiger partial charge in [0.2, 0.25) is 5.91 Å². The molecule has 2 amide bonds. The Bertz CT molecular complexity index is 412. The molecule has 2 unspecified atom stereocenters. The van der Waals surface area contributed by atoms with Crippen LogP contribution in [-0.4, -0.2) is 53.2 Å². The Balaban J connectivity index is 2.97. The molecule has 0 radical (unpaired) electrons. The molecule has 0 aromatic rings. The second kappa shape index (κ2) is 7.28. The van der Waals surface area contributed by atoms with E-state index in [1.807, 2.05) is 20.8 Å². The average molecular weight is 300 g/mol. The molecule has 0 bridgehead atoms. The number of likely N-dealkylation sites (tertiary alicyclic amines) is 1. The van der Waals surface area contributed by atoms with Gasteiger partial charge in [-0.25, -0.2) is 9.59 Å². The highest BCUT2D eigenvalue weighted by Crippen LogP contribution is 2.26. The molecule has 4 atom stereocenters. The van der Waals surface area contributed by atoms with Gasteiger partial charge in [0.05, 0.1) is 7.11 Å². The van der Waals surface area contributed by atoms with Gasteiger partial charge in [0.25, 0.3) is 0 Å². The Morgan fingerprint density at radius 3 is 2.48 bits per heavy atom. The van der Waals surface area contributed by atoms with Crippen LogP contribution in [0.1, 0.15) is 40.0 Å². The summed E-state index contributed by atoms with van der Waals surface area (Å²) in [6.45, 7) is 5.58. The summed E-state index contributed by atoms with van der Waals surface area (Å²) in [5, 5.41) is 11.8. The number of amides is 2. The van der Waals surface area contributed by atoms with Crippen LogP contribution in [0.2, 0.25) is 0 Å². The highest BCUT2D eigenvalue weighted by molar-refractivity contribution is 5.90. The normalized spacial score (nSPS) is 24.3. The molecule has 7 nitrogen and oxygen atoms in total. The van der Waals surface area contributed by atoms with Gasteiger partial charge >= 0.3 is 12.1 Å². The third-order valence-electron chi connectivity index (χ3n) is 4.15. The fourth-order valence-corrected chi connectivity index (χ4v) is 2.63. The van der Waals surface area contributed by atoms with E-state index in [9.17, 15) is 19.5 Å². The molecule has 0 aromatic heterocycles. The number of hydrogen-bond acceptors (Lipinski definition) is 4. The minimum Gasteiger partial charge on any atom is -0.480 e. The van der Waals surface area contributed by atoms with E-state index in [1.54, 1.807) is 0 Å². The summed E-state index contributed by atoms with van der Waals surface area (Å²) in [5.41, 5.74) is 0. The van der Waals surface area contributed by atoms with Crippen molar-refractivity contribution in [3.8, 4) is 0 Å². The number of methoxy groups -OCH3 is 1. The minimum absolute atomic E-state index is 0.112. The van der Waals surface area contributed by atoms with E-state index in [-0.39, 0.29) is 17.9 Å². The molecule has 21 heavy (non-hydrogen) atoms. The summed E-state index contributed by atoms with van der Waals surface area (Å²) in [4.78, 5) is 36.8. The van der Waals surface area contributed by atoms with Gasteiger partial charge in [-0.05, 0) is 25.7 Å². The average Bonchev–Trinajstić information content (AvgIpc) is 2.84. The topological polar surface area (TPSA) is 95.9 Å². The van der Waals surface area contributed by atoms with Crippen molar-refractivity contribution in [1.29, 1.82) is 0 Å². The van der Waals surface area contributed by atoms with Gasteiger partial charge in [-0.3, -0.25) is 4.79 Å². The van der Waals surface area contributed by atoms with E-state index in [0.717, 1.165) is 0 Å². The summed E-state index contributed by atoms with van der Waals surface area (Å²) in [6, 6.07) is -1.74. The lowest BCUT2D eigenvalue weighted by Gasteiger charge is -2.32. The van der Waals surface area contributed by atoms with Crippen molar-refractivity contribution in [2.24, 2.45) is 5.92 Å². The predicted octanol–water partition coefficient (Wildman–Crippen LogP) is 1.22. The fourth-order valence-electron chi connectivity index (χ4n) is 2.63. The number of nitrogens with zero attached hydrogens (tertiary/aromatic N) is 1. The summed E-state index contributed by atoms with van der Waals surface area (Å²) in [7, 11) is 1.23. The number of rotatable bonds is 5. The largest absolute Gasteiger partial charge is 0.480 e. The molecule has 7 heteroatoms. The molecular weight excluding hydrogens is 276 g/mol. The van der Waals surface area contributed by atoms with Crippen LogP contribution in [0.5, 0.6) is 0 Å². The molecule has 2 N–H and O–H groups in total. The maximum absolute atomic E-state index is 12.7. The van der Waals surface area contributed by atoms with Gasteiger partial charge in [-0.1, -0.05) is 20.3 Å². The second-order valence-electron chi connectivity index (χ2n) is 5.53. The van der Waals surface area contributed by atoms with Crippen LogP contribution in [0.3, 0.4) is 0 Å². The fraction of sp³-hybridized carbons (Fsp3) is 0.786. The lowest BCUT2D eigenvalue weighted by molar-refractivity contribution is -0.150. The van der Waals surface area contributed by atoms with Crippen molar-refractivity contribution in [1.82, 2.24) is 10.2 Å². The van der Waals surface area contributed by atoms with Gasteiger partial charge in [-0.2, -0.15) is 0 Å². The highest BCUT2D eigenvalue weighted by Gasteiger charge is 2.42. The maximum Gasteiger partial charge on any atom is 0.407 e. The third kappa shape index (κ3) is 3.86. The standard InChI is InChI=1S/C14H24N2O5/c1-5-8(2)11(15-14(20)21-4)12(17)16-9(3)6-7-10(16)13(18)19/h8-11H,5-7H2,1-4H3,(H,15,20)(H,18,19)/t8?,9-,10-,11?/m0/s1. The Kier molecular flexibility index (Phi) is 5.99. The predicted molar refractivity (Wildman–Crippen MR) is 75.7 cm³/mol. The van der Waals surface area contributed by atoms with Crippen LogP contribution in [0.15, 0.2) is 0 Å². The van der Waals surface area contributed by atoms with E-state index in [0.29, 0.717) is 19.3 Å². The van der Waals surface area contributed by atoms with Crippen molar-refractivity contribution in [3.05, 3.63) is 0 Å². The molecule has 1 heterocycles. The molecule has 1 aliphatic heterocycles. The number of hydrogen-bond donors (Lipinski definition) is 2. The molecule has 0 saturated carbocycles. The molecule has 1 fully saturated rings. The lowest BCUT2D eigenvalue weighted by atomic mass is 9.97. The van der Waals surface area contributed by atoms with Crippen LogP contribution in [0.25, 0.3) is 0 Å². The summed E-state index contributed by atoms with van der Waals surface area (Å²) in [6.07, 6.45) is 1.08. The molecule has 1 rings (SSSR count). The van der Waals surface area contributed by atoms with E-state index in [2.05, 4.69) is 10.1 Å². The Morgan fingerprint density at radius 1 is 1.38 bits per heavy atom.